The van der Waals surface area contributed by atoms with Gasteiger partial charge in [0.1, 0.15) is 0 Å². The lowest BCUT2D eigenvalue weighted by Crippen LogP contribution is -2.15. The van der Waals surface area contributed by atoms with Gasteiger partial charge in [-0.05, 0) is 22.6 Å². The number of benzene rings is 2. The van der Waals surface area contributed by atoms with Crippen molar-refractivity contribution in [1.82, 2.24) is 20.2 Å². The van der Waals surface area contributed by atoms with Gasteiger partial charge in [-0.2, -0.15) is 0 Å². The summed E-state index contributed by atoms with van der Waals surface area (Å²) >= 11 is 0. The van der Waals surface area contributed by atoms with Crippen LogP contribution in [0.1, 0.15) is 5.56 Å². The molecule has 0 saturated carbocycles. The van der Waals surface area contributed by atoms with Gasteiger partial charge >= 0.3 is 0 Å². The Kier molecular flexibility index (Phi) is 4.46. The van der Waals surface area contributed by atoms with Gasteiger partial charge in [0.2, 0.25) is 5.91 Å². The van der Waals surface area contributed by atoms with Crippen LogP contribution in [0.25, 0.3) is 11.4 Å². The van der Waals surface area contributed by atoms with Crippen LogP contribution in [0.4, 0.5) is 11.4 Å². The highest BCUT2D eigenvalue weighted by Gasteiger charge is 2.16. The van der Waals surface area contributed by atoms with Crippen molar-refractivity contribution in [2.75, 3.05) is 5.32 Å². The number of aromatic nitrogens is 4. The summed E-state index contributed by atoms with van der Waals surface area (Å²) < 4.78 is 1.52. The second-order valence-electron chi connectivity index (χ2n) is 5.32. The fourth-order valence-electron chi connectivity index (χ4n) is 2.43. The summed E-state index contributed by atoms with van der Waals surface area (Å²) in [5.41, 5.74) is 1.59. The van der Waals surface area contributed by atoms with Gasteiger partial charge in [-0.1, -0.05) is 30.3 Å². The molecule has 0 bridgehead atoms. The summed E-state index contributed by atoms with van der Waals surface area (Å²) in [5, 5.41) is 25.0. The molecule has 1 aromatic heterocycles. The first-order valence-electron chi connectivity index (χ1n) is 7.39. The second kappa shape index (κ2) is 6.87. The second-order valence-corrected chi connectivity index (χ2v) is 5.32. The van der Waals surface area contributed by atoms with Crippen molar-refractivity contribution in [2.45, 2.75) is 6.42 Å². The third-order valence-corrected chi connectivity index (χ3v) is 3.56. The molecule has 9 heteroatoms. The van der Waals surface area contributed by atoms with Gasteiger partial charge in [-0.15, -0.1) is 5.10 Å². The van der Waals surface area contributed by atoms with Crippen LogP contribution in [0.2, 0.25) is 0 Å². The Morgan fingerprint density at radius 2 is 2.04 bits per heavy atom. The normalized spacial score (nSPS) is 10.4. The molecule has 0 unspecified atom stereocenters. The number of nitro benzene ring substituents is 1. The highest BCUT2D eigenvalue weighted by Crippen LogP contribution is 2.21. The molecular formula is C16H14N6O3. The van der Waals surface area contributed by atoms with Gasteiger partial charge in [-0.25, -0.2) is 4.68 Å². The Bertz CT molecular complexity index is 937. The van der Waals surface area contributed by atoms with Crippen molar-refractivity contribution in [3.8, 4) is 11.4 Å². The Morgan fingerprint density at radius 1 is 1.24 bits per heavy atom. The highest BCUT2D eigenvalue weighted by atomic mass is 16.6. The molecule has 0 aliphatic carbocycles. The molecule has 2 aromatic carbocycles. The molecule has 0 aliphatic heterocycles. The largest absolute Gasteiger partial charge is 0.326 e. The van der Waals surface area contributed by atoms with Crippen molar-refractivity contribution < 1.29 is 9.72 Å². The summed E-state index contributed by atoms with van der Waals surface area (Å²) in [5.74, 6) is 0.220. The van der Waals surface area contributed by atoms with E-state index in [2.05, 4.69) is 20.8 Å². The van der Waals surface area contributed by atoms with E-state index >= 15 is 0 Å². The number of carbonyl (C=O) groups is 1. The van der Waals surface area contributed by atoms with Crippen LogP contribution in [0.15, 0.2) is 48.5 Å². The van der Waals surface area contributed by atoms with Gasteiger partial charge in [0.05, 0.1) is 11.3 Å². The zero-order valence-electron chi connectivity index (χ0n) is 13.3. The quantitative estimate of drug-likeness (QED) is 0.561. The van der Waals surface area contributed by atoms with Crippen LogP contribution >= 0.6 is 0 Å². The van der Waals surface area contributed by atoms with E-state index in [4.69, 9.17) is 0 Å². The van der Waals surface area contributed by atoms with E-state index in [0.29, 0.717) is 17.1 Å². The van der Waals surface area contributed by atoms with Gasteiger partial charge < -0.3 is 5.32 Å². The van der Waals surface area contributed by atoms with Crippen molar-refractivity contribution in [2.24, 2.45) is 7.05 Å². The maximum absolute atomic E-state index is 12.2. The minimum atomic E-state index is -0.496. The van der Waals surface area contributed by atoms with E-state index in [-0.39, 0.29) is 18.0 Å². The predicted octanol–water partition coefficient (Wildman–Crippen LogP) is 1.97. The monoisotopic (exact) mass is 338 g/mol. The highest BCUT2D eigenvalue weighted by molar-refractivity contribution is 5.93. The molecule has 0 spiro atoms. The molecule has 1 N–H and O–H groups in total. The zero-order valence-corrected chi connectivity index (χ0v) is 13.3. The fraction of sp³-hybridized carbons (Fsp3) is 0.125. The van der Waals surface area contributed by atoms with Gasteiger partial charge in [0, 0.05) is 29.9 Å². The third-order valence-electron chi connectivity index (χ3n) is 3.56. The number of amides is 1. The number of hydrogen-bond acceptors (Lipinski definition) is 6. The summed E-state index contributed by atoms with van der Waals surface area (Å²) in [6.07, 6.45) is -0.0904. The minimum absolute atomic E-state index is 0.0726. The lowest BCUT2D eigenvalue weighted by atomic mass is 10.1. The Morgan fingerprint density at radius 3 is 2.76 bits per heavy atom. The van der Waals surface area contributed by atoms with Crippen molar-refractivity contribution in [1.29, 1.82) is 0 Å². The molecule has 1 heterocycles. The maximum atomic E-state index is 12.2. The van der Waals surface area contributed by atoms with Gasteiger partial charge in [-0.3, -0.25) is 14.9 Å². The zero-order chi connectivity index (χ0) is 17.8. The first-order chi connectivity index (χ1) is 12.0. The smallest absolute Gasteiger partial charge is 0.273 e. The number of hydrogen-bond donors (Lipinski definition) is 1. The van der Waals surface area contributed by atoms with E-state index in [1.54, 1.807) is 43.4 Å². The van der Waals surface area contributed by atoms with E-state index < -0.39 is 4.92 Å². The number of anilines is 1. The Hall–Kier alpha value is -3.62. The van der Waals surface area contributed by atoms with E-state index in [1.165, 1.54) is 10.7 Å². The lowest BCUT2D eigenvalue weighted by molar-refractivity contribution is -0.385. The van der Waals surface area contributed by atoms with Gasteiger partial charge in [0.25, 0.3) is 5.69 Å². The maximum Gasteiger partial charge on any atom is 0.273 e. The topological polar surface area (TPSA) is 116 Å². The molecule has 0 fully saturated rings. The number of aryl methyl sites for hydroxylation is 1. The first-order valence-corrected chi connectivity index (χ1v) is 7.39. The Balaban J connectivity index is 1.76. The summed E-state index contributed by atoms with van der Waals surface area (Å²) in [7, 11) is 1.72. The number of tetrazole rings is 1. The van der Waals surface area contributed by atoms with Crippen LogP contribution in [-0.2, 0) is 18.3 Å². The number of nitrogens with one attached hydrogen (secondary N) is 1. The Labute approximate surface area is 142 Å². The molecule has 3 aromatic rings. The summed E-state index contributed by atoms with van der Waals surface area (Å²) in [4.78, 5) is 22.8. The molecule has 0 aliphatic rings. The van der Waals surface area contributed by atoms with Crippen molar-refractivity contribution >= 4 is 17.3 Å². The molecule has 3 rings (SSSR count). The van der Waals surface area contributed by atoms with Crippen LogP contribution < -0.4 is 5.32 Å². The predicted molar refractivity (Wildman–Crippen MR) is 89.7 cm³/mol. The van der Waals surface area contributed by atoms with Gasteiger partial charge in [0.15, 0.2) is 5.82 Å². The first kappa shape index (κ1) is 16.2. The van der Waals surface area contributed by atoms with Crippen LogP contribution in [0.5, 0.6) is 0 Å². The molecule has 0 radical (unpaired) electrons. The number of rotatable bonds is 5. The molecule has 0 atom stereocenters. The summed E-state index contributed by atoms with van der Waals surface area (Å²) in [6, 6.07) is 13.2. The fourth-order valence-corrected chi connectivity index (χ4v) is 2.43. The number of para-hydroxylation sites is 1. The SMILES string of the molecule is Cn1nnnc1-c1cccc(NC(=O)Cc2ccccc2[N+](=O)[O-])c1. The van der Waals surface area contributed by atoms with Crippen LogP contribution in [0, 0.1) is 10.1 Å². The molecule has 25 heavy (non-hydrogen) atoms. The molecule has 1 amide bonds. The molecule has 126 valence electrons. The van der Waals surface area contributed by atoms with E-state index in [1.807, 2.05) is 6.07 Å². The molecular weight excluding hydrogens is 324 g/mol. The minimum Gasteiger partial charge on any atom is -0.326 e. The average Bonchev–Trinajstić information content (AvgIpc) is 3.01. The number of nitro groups is 1. The van der Waals surface area contributed by atoms with Crippen LogP contribution in [-0.4, -0.2) is 31.0 Å². The van der Waals surface area contributed by atoms with E-state index in [9.17, 15) is 14.9 Å². The lowest BCUT2D eigenvalue weighted by Gasteiger charge is -2.07. The average molecular weight is 338 g/mol. The third kappa shape index (κ3) is 3.66. The van der Waals surface area contributed by atoms with E-state index in [0.717, 1.165) is 5.56 Å². The van der Waals surface area contributed by atoms with Crippen molar-refractivity contribution in [3.05, 3.63) is 64.2 Å². The standard InChI is InChI=1S/C16H14N6O3/c1-21-16(18-19-20-21)12-6-4-7-13(9-12)17-15(23)10-11-5-2-3-8-14(11)22(24)25/h2-9H,10H2,1H3,(H,17,23). The summed E-state index contributed by atoms with van der Waals surface area (Å²) in [6.45, 7) is 0. The van der Waals surface area contributed by atoms with Crippen LogP contribution in [0.3, 0.4) is 0 Å². The number of nitrogens with zero attached hydrogens (tertiary/aromatic N) is 5. The van der Waals surface area contributed by atoms with Crippen molar-refractivity contribution in [3.63, 3.8) is 0 Å². The molecule has 0 saturated heterocycles. The number of carbonyl (C=O) groups excluding carboxylic acids is 1. The molecule has 9 nitrogen and oxygen atoms in total.